The summed E-state index contributed by atoms with van der Waals surface area (Å²) in [7, 11) is 0. The van der Waals surface area contributed by atoms with Crippen LogP contribution in [0.5, 0.6) is 11.5 Å². The first-order valence-corrected chi connectivity index (χ1v) is 6.47. The van der Waals surface area contributed by atoms with Crippen LogP contribution in [0.1, 0.15) is 15.9 Å². The largest absolute Gasteiger partial charge is 0.455 e. The van der Waals surface area contributed by atoms with Gasteiger partial charge in [0.1, 0.15) is 23.9 Å². The number of carbonyl (C=O) groups excluding carboxylic acids is 1. The zero-order valence-electron chi connectivity index (χ0n) is 11.1. The van der Waals surface area contributed by atoms with E-state index in [4.69, 9.17) is 4.74 Å². The van der Waals surface area contributed by atoms with Crippen molar-refractivity contribution in [2.45, 2.75) is 0 Å². The van der Waals surface area contributed by atoms with E-state index in [0.29, 0.717) is 28.9 Å². The lowest BCUT2D eigenvalue weighted by Crippen LogP contribution is -1.91. The number of hydrogen-bond acceptors (Lipinski definition) is 3. The Bertz CT molecular complexity index is 857. The van der Waals surface area contributed by atoms with Crippen LogP contribution in [0.2, 0.25) is 0 Å². The predicted octanol–water partition coefficient (Wildman–Crippen LogP) is 4.32. The highest BCUT2D eigenvalue weighted by atomic mass is 16.5. The Balaban J connectivity index is 2.07. The van der Waals surface area contributed by atoms with Crippen molar-refractivity contribution in [3.05, 3.63) is 71.8 Å². The van der Waals surface area contributed by atoms with Gasteiger partial charge in [0.2, 0.25) is 0 Å². The molecule has 0 unspecified atom stereocenters. The standard InChI is InChI=1S/C18H11NO2/c19-11-15-10-13(12-20)8-9-17(15)21-18-7-3-5-14-4-1-2-6-16(14)18/h1-10,12H. The quantitative estimate of drug-likeness (QED) is 0.668. The topological polar surface area (TPSA) is 50.1 Å². The first-order chi connectivity index (χ1) is 10.3. The molecule has 0 N–H and O–H groups in total. The molecule has 0 aliphatic rings. The van der Waals surface area contributed by atoms with Crippen molar-refractivity contribution < 1.29 is 9.53 Å². The van der Waals surface area contributed by atoms with Crippen LogP contribution in [-0.4, -0.2) is 6.29 Å². The zero-order chi connectivity index (χ0) is 14.7. The molecule has 0 amide bonds. The van der Waals surface area contributed by atoms with Gasteiger partial charge in [-0.15, -0.1) is 0 Å². The maximum absolute atomic E-state index is 10.8. The fourth-order valence-electron chi connectivity index (χ4n) is 2.20. The van der Waals surface area contributed by atoms with E-state index in [2.05, 4.69) is 6.07 Å². The molecule has 0 heterocycles. The smallest absolute Gasteiger partial charge is 0.150 e. The molecule has 0 spiro atoms. The fraction of sp³-hybridized carbons (Fsp3) is 0. The molecule has 0 fully saturated rings. The number of ether oxygens (including phenoxy) is 1. The van der Waals surface area contributed by atoms with Crippen LogP contribution in [0, 0.1) is 11.3 Å². The van der Waals surface area contributed by atoms with Gasteiger partial charge in [0.05, 0.1) is 5.56 Å². The molecule has 3 rings (SSSR count). The van der Waals surface area contributed by atoms with Crippen molar-refractivity contribution in [3.63, 3.8) is 0 Å². The summed E-state index contributed by atoms with van der Waals surface area (Å²) in [6.45, 7) is 0. The first-order valence-electron chi connectivity index (χ1n) is 6.47. The van der Waals surface area contributed by atoms with Crippen molar-refractivity contribution in [1.29, 1.82) is 5.26 Å². The van der Waals surface area contributed by atoms with Gasteiger partial charge in [-0.3, -0.25) is 4.79 Å². The number of aldehydes is 1. The first kappa shape index (κ1) is 12.9. The number of hydrogen-bond donors (Lipinski definition) is 0. The fourth-order valence-corrected chi connectivity index (χ4v) is 2.20. The van der Waals surface area contributed by atoms with Crippen LogP contribution in [0.4, 0.5) is 0 Å². The average Bonchev–Trinajstić information content (AvgIpc) is 2.55. The molecule has 0 aliphatic heterocycles. The molecule has 0 aromatic heterocycles. The summed E-state index contributed by atoms with van der Waals surface area (Å²) in [6.07, 6.45) is 0.711. The van der Waals surface area contributed by atoms with Crippen molar-refractivity contribution in [2.24, 2.45) is 0 Å². The molecular weight excluding hydrogens is 262 g/mol. The maximum atomic E-state index is 10.8. The number of fused-ring (bicyclic) bond motifs is 1. The van der Waals surface area contributed by atoms with Crippen molar-refractivity contribution >= 4 is 17.1 Å². The summed E-state index contributed by atoms with van der Waals surface area (Å²) in [5, 5.41) is 11.2. The second kappa shape index (κ2) is 5.48. The van der Waals surface area contributed by atoms with Crippen molar-refractivity contribution in [3.8, 4) is 17.6 Å². The monoisotopic (exact) mass is 273 g/mol. The minimum absolute atomic E-state index is 0.340. The van der Waals surface area contributed by atoms with Gasteiger partial charge in [-0.1, -0.05) is 36.4 Å². The minimum atomic E-state index is 0.340. The molecule has 100 valence electrons. The lowest BCUT2D eigenvalue weighted by molar-refractivity contribution is 0.112. The Morgan fingerprint density at radius 1 is 0.952 bits per heavy atom. The van der Waals surface area contributed by atoms with E-state index >= 15 is 0 Å². The third-order valence-electron chi connectivity index (χ3n) is 3.23. The molecule has 0 radical (unpaired) electrons. The van der Waals surface area contributed by atoms with Gasteiger partial charge in [-0.25, -0.2) is 0 Å². The highest BCUT2D eigenvalue weighted by Gasteiger charge is 2.08. The third-order valence-corrected chi connectivity index (χ3v) is 3.23. The molecule has 0 aliphatic carbocycles. The lowest BCUT2D eigenvalue weighted by Gasteiger charge is -2.10. The molecule has 3 heteroatoms. The van der Waals surface area contributed by atoms with Gasteiger partial charge < -0.3 is 4.74 Å². The molecule has 0 saturated carbocycles. The highest BCUT2D eigenvalue weighted by Crippen LogP contribution is 2.31. The summed E-state index contributed by atoms with van der Waals surface area (Å²) in [5.74, 6) is 1.13. The SMILES string of the molecule is N#Cc1cc(C=O)ccc1Oc1cccc2ccccc12. The predicted molar refractivity (Wildman–Crippen MR) is 80.6 cm³/mol. The van der Waals surface area contributed by atoms with Gasteiger partial charge in [0.15, 0.2) is 0 Å². The Kier molecular flexibility index (Phi) is 3.36. The number of nitriles is 1. The number of carbonyl (C=O) groups is 1. The van der Waals surface area contributed by atoms with Crippen molar-refractivity contribution in [2.75, 3.05) is 0 Å². The van der Waals surface area contributed by atoms with E-state index in [-0.39, 0.29) is 0 Å². The summed E-state index contributed by atoms with van der Waals surface area (Å²) < 4.78 is 5.87. The molecule has 3 nitrogen and oxygen atoms in total. The Labute approximate surface area is 122 Å². The highest BCUT2D eigenvalue weighted by molar-refractivity contribution is 5.88. The van der Waals surface area contributed by atoms with Gasteiger partial charge in [-0.05, 0) is 29.7 Å². The Morgan fingerprint density at radius 3 is 2.57 bits per heavy atom. The third kappa shape index (κ3) is 2.47. The van der Waals surface area contributed by atoms with E-state index in [1.54, 1.807) is 12.1 Å². The van der Waals surface area contributed by atoms with E-state index in [1.165, 1.54) is 6.07 Å². The molecule has 3 aromatic carbocycles. The summed E-state index contributed by atoms with van der Waals surface area (Å²) in [6, 6.07) is 20.5. The number of rotatable bonds is 3. The normalized spacial score (nSPS) is 10.0. The Hall–Kier alpha value is -3.12. The van der Waals surface area contributed by atoms with Gasteiger partial charge in [0, 0.05) is 10.9 Å². The van der Waals surface area contributed by atoms with Crippen LogP contribution in [0.25, 0.3) is 10.8 Å². The van der Waals surface area contributed by atoms with Crippen LogP contribution in [0.15, 0.2) is 60.7 Å². The minimum Gasteiger partial charge on any atom is -0.455 e. The van der Waals surface area contributed by atoms with Crippen LogP contribution in [-0.2, 0) is 0 Å². The number of benzene rings is 3. The maximum Gasteiger partial charge on any atom is 0.150 e. The summed E-state index contributed by atoms with van der Waals surface area (Å²) in [5.41, 5.74) is 0.796. The van der Waals surface area contributed by atoms with Gasteiger partial charge in [0.25, 0.3) is 0 Å². The lowest BCUT2D eigenvalue weighted by atomic mass is 10.1. The van der Waals surface area contributed by atoms with E-state index < -0.39 is 0 Å². The number of nitrogens with zero attached hydrogens (tertiary/aromatic N) is 1. The van der Waals surface area contributed by atoms with Crippen LogP contribution < -0.4 is 4.74 Å². The average molecular weight is 273 g/mol. The molecular formula is C18H11NO2. The van der Waals surface area contributed by atoms with E-state index in [9.17, 15) is 10.1 Å². The van der Waals surface area contributed by atoms with Crippen LogP contribution in [0.3, 0.4) is 0 Å². The second-order valence-electron chi connectivity index (χ2n) is 4.56. The second-order valence-corrected chi connectivity index (χ2v) is 4.56. The molecule has 21 heavy (non-hydrogen) atoms. The molecule has 0 saturated heterocycles. The van der Waals surface area contributed by atoms with E-state index in [0.717, 1.165) is 10.8 Å². The summed E-state index contributed by atoms with van der Waals surface area (Å²) >= 11 is 0. The van der Waals surface area contributed by atoms with Crippen molar-refractivity contribution in [1.82, 2.24) is 0 Å². The molecule has 0 bridgehead atoms. The molecule has 3 aromatic rings. The molecule has 0 atom stereocenters. The Morgan fingerprint density at radius 2 is 1.76 bits per heavy atom. The van der Waals surface area contributed by atoms with Crippen LogP contribution >= 0.6 is 0 Å². The van der Waals surface area contributed by atoms with Gasteiger partial charge >= 0.3 is 0 Å². The van der Waals surface area contributed by atoms with E-state index in [1.807, 2.05) is 42.5 Å². The van der Waals surface area contributed by atoms with Gasteiger partial charge in [-0.2, -0.15) is 5.26 Å². The zero-order valence-corrected chi connectivity index (χ0v) is 11.1. The summed E-state index contributed by atoms with van der Waals surface area (Å²) in [4.78, 5) is 10.8.